The summed E-state index contributed by atoms with van der Waals surface area (Å²) in [6.07, 6.45) is 0.403. The fraction of sp³-hybridized carbons (Fsp3) is 0.286. The van der Waals surface area contributed by atoms with Crippen molar-refractivity contribution in [2.45, 2.75) is 38.9 Å². The Morgan fingerprint density at radius 3 is 1.94 bits per heavy atom. The Balaban J connectivity index is 1.86. The second-order valence-electron chi connectivity index (χ2n) is 8.34. The van der Waals surface area contributed by atoms with Gasteiger partial charge in [-0.3, -0.25) is 9.59 Å². The average molecular weight is 461 g/mol. The van der Waals surface area contributed by atoms with E-state index in [0.29, 0.717) is 24.5 Å². The topological polar surface area (TPSA) is 67.9 Å². The molecule has 2 amide bonds. The van der Waals surface area contributed by atoms with Gasteiger partial charge in [-0.1, -0.05) is 60.7 Å². The SMILES string of the molecule is COc1ccc(OCC(=O)N(Cc2ccccc2)C(Cc2ccccc2)C(=O)NC(C)C)cc1. The zero-order chi connectivity index (χ0) is 24.3. The summed E-state index contributed by atoms with van der Waals surface area (Å²) in [4.78, 5) is 28.4. The lowest BCUT2D eigenvalue weighted by Gasteiger charge is -2.32. The van der Waals surface area contributed by atoms with E-state index in [1.54, 1.807) is 36.3 Å². The first kappa shape index (κ1) is 24.8. The van der Waals surface area contributed by atoms with E-state index in [-0.39, 0.29) is 24.5 Å². The van der Waals surface area contributed by atoms with Crippen LogP contribution in [0, 0.1) is 0 Å². The Morgan fingerprint density at radius 1 is 0.824 bits per heavy atom. The van der Waals surface area contributed by atoms with E-state index in [2.05, 4.69) is 5.32 Å². The highest BCUT2D eigenvalue weighted by Gasteiger charge is 2.31. The minimum absolute atomic E-state index is 0.0463. The van der Waals surface area contributed by atoms with E-state index < -0.39 is 6.04 Å². The Hall–Kier alpha value is -3.80. The largest absolute Gasteiger partial charge is 0.497 e. The molecule has 6 nitrogen and oxygen atoms in total. The van der Waals surface area contributed by atoms with Gasteiger partial charge in [0.25, 0.3) is 5.91 Å². The zero-order valence-corrected chi connectivity index (χ0v) is 19.9. The van der Waals surface area contributed by atoms with Crippen LogP contribution in [0.15, 0.2) is 84.9 Å². The van der Waals surface area contributed by atoms with Crippen LogP contribution in [0.2, 0.25) is 0 Å². The van der Waals surface area contributed by atoms with E-state index in [9.17, 15) is 9.59 Å². The predicted molar refractivity (Wildman–Crippen MR) is 133 cm³/mol. The molecule has 0 saturated heterocycles. The summed E-state index contributed by atoms with van der Waals surface area (Å²) >= 11 is 0. The highest BCUT2D eigenvalue weighted by molar-refractivity contribution is 5.88. The minimum Gasteiger partial charge on any atom is -0.497 e. The lowest BCUT2D eigenvalue weighted by atomic mass is 10.0. The number of hydrogen-bond acceptors (Lipinski definition) is 4. The van der Waals surface area contributed by atoms with Crippen LogP contribution in [-0.2, 0) is 22.6 Å². The maximum absolute atomic E-state index is 13.5. The van der Waals surface area contributed by atoms with Crippen molar-refractivity contribution >= 4 is 11.8 Å². The minimum atomic E-state index is -0.683. The number of carbonyl (C=O) groups is 2. The maximum Gasteiger partial charge on any atom is 0.261 e. The summed E-state index contributed by atoms with van der Waals surface area (Å²) in [5.41, 5.74) is 1.92. The van der Waals surface area contributed by atoms with Crippen LogP contribution in [0.1, 0.15) is 25.0 Å². The van der Waals surface area contributed by atoms with Crippen molar-refractivity contribution in [1.29, 1.82) is 0 Å². The summed E-state index contributed by atoms with van der Waals surface area (Å²) in [6.45, 7) is 3.94. The standard InChI is InChI=1S/C28H32N2O4/c1-21(2)29-28(32)26(18-22-10-6-4-7-11-22)30(19-23-12-8-5-9-13-23)27(31)20-34-25-16-14-24(33-3)15-17-25/h4-17,21,26H,18-20H2,1-3H3,(H,29,32). The van der Waals surface area contributed by atoms with Gasteiger partial charge in [-0.15, -0.1) is 0 Å². The van der Waals surface area contributed by atoms with E-state index in [1.807, 2.05) is 74.5 Å². The molecule has 1 N–H and O–H groups in total. The van der Waals surface area contributed by atoms with Gasteiger partial charge in [0.15, 0.2) is 6.61 Å². The fourth-order valence-corrected chi connectivity index (χ4v) is 3.61. The summed E-state index contributed by atoms with van der Waals surface area (Å²) in [5, 5.41) is 2.98. The van der Waals surface area contributed by atoms with E-state index >= 15 is 0 Å². The molecular weight excluding hydrogens is 428 g/mol. The van der Waals surface area contributed by atoms with E-state index in [0.717, 1.165) is 11.1 Å². The Bertz CT molecular complexity index is 1040. The molecule has 0 aliphatic carbocycles. The number of hydrogen-bond donors (Lipinski definition) is 1. The molecule has 0 aliphatic rings. The van der Waals surface area contributed by atoms with Crippen molar-refractivity contribution in [3.63, 3.8) is 0 Å². The van der Waals surface area contributed by atoms with Crippen LogP contribution >= 0.6 is 0 Å². The van der Waals surface area contributed by atoms with Gasteiger partial charge in [-0.05, 0) is 49.2 Å². The van der Waals surface area contributed by atoms with Gasteiger partial charge in [0.1, 0.15) is 17.5 Å². The molecule has 3 aromatic rings. The van der Waals surface area contributed by atoms with Crippen molar-refractivity contribution < 1.29 is 19.1 Å². The van der Waals surface area contributed by atoms with Crippen LogP contribution < -0.4 is 14.8 Å². The number of ether oxygens (including phenoxy) is 2. The number of nitrogens with zero attached hydrogens (tertiary/aromatic N) is 1. The van der Waals surface area contributed by atoms with Gasteiger partial charge >= 0.3 is 0 Å². The molecule has 0 aliphatic heterocycles. The van der Waals surface area contributed by atoms with Gasteiger partial charge in [0, 0.05) is 19.0 Å². The van der Waals surface area contributed by atoms with Gasteiger partial charge in [0.2, 0.25) is 5.91 Å². The third kappa shape index (κ3) is 7.37. The maximum atomic E-state index is 13.5. The molecule has 1 unspecified atom stereocenters. The molecule has 0 aromatic heterocycles. The van der Waals surface area contributed by atoms with Crippen LogP contribution in [0.5, 0.6) is 11.5 Å². The van der Waals surface area contributed by atoms with E-state index in [4.69, 9.17) is 9.47 Å². The number of nitrogens with one attached hydrogen (secondary N) is 1. The highest BCUT2D eigenvalue weighted by atomic mass is 16.5. The first-order valence-corrected chi connectivity index (χ1v) is 11.4. The Morgan fingerprint density at radius 2 is 1.38 bits per heavy atom. The number of rotatable bonds is 11. The van der Waals surface area contributed by atoms with E-state index in [1.165, 1.54) is 0 Å². The lowest BCUT2D eigenvalue weighted by Crippen LogP contribution is -2.52. The summed E-state index contributed by atoms with van der Waals surface area (Å²) in [6, 6.07) is 25.7. The van der Waals surface area contributed by atoms with Gasteiger partial charge < -0.3 is 19.7 Å². The number of benzene rings is 3. The second kappa shape index (κ2) is 12.4. The normalized spacial score (nSPS) is 11.5. The number of amides is 2. The molecule has 1 atom stereocenters. The predicted octanol–water partition coefficient (Wildman–Crippen LogP) is 4.24. The Labute approximate surface area is 201 Å². The summed E-state index contributed by atoms with van der Waals surface area (Å²) in [7, 11) is 1.59. The molecule has 0 saturated carbocycles. The monoisotopic (exact) mass is 460 g/mol. The van der Waals surface area contributed by atoms with Crippen molar-refractivity contribution in [2.75, 3.05) is 13.7 Å². The fourth-order valence-electron chi connectivity index (χ4n) is 3.61. The molecule has 34 heavy (non-hydrogen) atoms. The molecule has 0 fully saturated rings. The molecule has 0 heterocycles. The van der Waals surface area contributed by atoms with Crippen LogP contribution in [-0.4, -0.2) is 42.5 Å². The Kier molecular flexibility index (Phi) is 9.09. The first-order valence-electron chi connectivity index (χ1n) is 11.4. The smallest absolute Gasteiger partial charge is 0.261 e. The molecule has 0 spiro atoms. The molecule has 178 valence electrons. The van der Waals surface area contributed by atoms with Gasteiger partial charge in [-0.2, -0.15) is 0 Å². The number of carbonyl (C=O) groups excluding carboxylic acids is 2. The molecule has 6 heteroatoms. The molecular formula is C28H32N2O4. The molecule has 0 bridgehead atoms. The van der Waals surface area contributed by atoms with Crippen molar-refractivity contribution in [2.24, 2.45) is 0 Å². The van der Waals surface area contributed by atoms with Crippen LogP contribution in [0.25, 0.3) is 0 Å². The van der Waals surface area contributed by atoms with Gasteiger partial charge in [0.05, 0.1) is 7.11 Å². The lowest BCUT2D eigenvalue weighted by molar-refractivity contribution is -0.143. The highest BCUT2D eigenvalue weighted by Crippen LogP contribution is 2.19. The third-order valence-electron chi connectivity index (χ3n) is 5.32. The third-order valence-corrected chi connectivity index (χ3v) is 5.32. The van der Waals surface area contributed by atoms with Crippen molar-refractivity contribution in [1.82, 2.24) is 10.2 Å². The summed E-state index contributed by atoms with van der Waals surface area (Å²) in [5.74, 6) is 0.810. The second-order valence-corrected chi connectivity index (χ2v) is 8.34. The zero-order valence-electron chi connectivity index (χ0n) is 19.9. The van der Waals surface area contributed by atoms with Crippen molar-refractivity contribution in [3.8, 4) is 11.5 Å². The number of methoxy groups -OCH3 is 1. The quantitative estimate of drug-likeness (QED) is 0.465. The van der Waals surface area contributed by atoms with Gasteiger partial charge in [-0.25, -0.2) is 0 Å². The summed E-state index contributed by atoms with van der Waals surface area (Å²) < 4.78 is 10.9. The van der Waals surface area contributed by atoms with Crippen LogP contribution in [0.3, 0.4) is 0 Å². The first-order chi connectivity index (χ1) is 16.5. The molecule has 3 rings (SSSR count). The molecule has 3 aromatic carbocycles. The average Bonchev–Trinajstić information content (AvgIpc) is 2.85. The molecule has 0 radical (unpaired) electrons. The van der Waals surface area contributed by atoms with Crippen molar-refractivity contribution in [3.05, 3.63) is 96.1 Å². The van der Waals surface area contributed by atoms with Crippen LogP contribution in [0.4, 0.5) is 0 Å².